The quantitative estimate of drug-likeness (QED) is 0.589. The summed E-state index contributed by atoms with van der Waals surface area (Å²) in [4.78, 5) is 35.1. The first-order valence-electron chi connectivity index (χ1n) is 11.3. The molecule has 3 heterocycles. The van der Waals surface area contributed by atoms with E-state index in [4.69, 9.17) is 0 Å². The molecule has 31 heavy (non-hydrogen) atoms. The van der Waals surface area contributed by atoms with E-state index in [1.54, 1.807) is 0 Å². The van der Waals surface area contributed by atoms with Crippen LogP contribution in [0.3, 0.4) is 0 Å². The Kier molecular flexibility index (Phi) is 5.51. The molecular weight excluding hydrogens is 390 g/mol. The molecular formula is C24H29N5O2. The number of carbonyl (C=O) groups is 1. The van der Waals surface area contributed by atoms with Gasteiger partial charge in [0.2, 0.25) is 0 Å². The molecule has 162 valence electrons. The van der Waals surface area contributed by atoms with Crippen LogP contribution in [0.25, 0.3) is 11.0 Å². The monoisotopic (exact) mass is 419 g/mol. The first kappa shape index (κ1) is 19.9. The summed E-state index contributed by atoms with van der Waals surface area (Å²) < 4.78 is 0. The van der Waals surface area contributed by atoms with Crippen LogP contribution in [0.15, 0.2) is 41.2 Å². The maximum Gasteiger partial charge on any atom is 0.323 e. The van der Waals surface area contributed by atoms with Crippen molar-refractivity contribution < 1.29 is 4.79 Å². The molecule has 0 atom stereocenters. The summed E-state index contributed by atoms with van der Waals surface area (Å²) >= 11 is 0. The minimum atomic E-state index is -0.241. The summed E-state index contributed by atoms with van der Waals surface area (Å²) in [6.07, 6.45) is 6.14. The van der Waals surface area contributed by atoms with Crippen molar-refractivity contribution in [3.8, 4) is 0 Å². The second kappa shape index (κ2) is 8.59. The van der Waals surface area contributed by atoms with Crippen LogP contribution in [-0.2, 0) is 6.54 Å². The van der Waals surface area contributed by atoms with E-state index in [1.807, 2.05) is 24.3 Å². The van der Waals surface area contributed by atoms with Gasteiger partial charge in [-0.15, -0.1) is 0 Å². The number of hydrogen-bond donors (Lipinski definition) is 3. The summed E-state index contributed by atoms with van der Waals surface area (Å²) in [6.45, 7) is 5.16. The molecule has 2 aromatic carbocycles. The van der Waals surface area contributed by atoms with Crippen molar-refractivity contribution in [2.24, 2.45) is 0 Å². The zero-order chi connectivity index (χ0) is 21.2. The average molecular weight is 420 g/mol. The van der Waals surface area contributed by atoms with Gasteiger partial charge in [-0.05, 0) is 68.6 Å². The number of nitrogens with zero attached hydrogens (tertiary/aromatic N) is 2. The molecule has 1 aromatic heterocycles. The highest BCUT2D eigenvalue weighted by molar-refractivity contribution is 6.07. The number of nitrogens with one attached hydrogen (secondary N) is 3. The van der Waals surface area contributed by atoms with Crippen LogP contribution in [0.2, 0.25) is 0 Å². The highest BCUT2D eigenvalue weighted by atomic mass is 16.2. The van der Waals surface area contributed by atoms with E-state index in [9.17, 15) is 9.59 Å². The fourth-order valence-corrected chi connectivity index (χ4v) is 4.72. The lowest BCUT2D eigenvalue weighted by molar-refractivity contribution is 0.102. The number of aromatic amines is 2. The molecule has 2 aliphatic rings. The molecule has 0 unspecified atom stereocenters. The maximum atomic E-state index is 13.0. The van der Waals surface area contributed by atoms with Crippen LogP contribution >= 0.6 is 0 Å². The summed E-state index contributed by atoms with van der Waals surface area (Å²) in [5.74, 6) is -0.137. The molecule has 2 saturated heterocycles. The Morgan fingerprint density at radius 1 is 0.871 bits per heavy atom. The van der Waals surface area contributed by atoms with Crippen molar-refractivity contribution in [3.63, 3.8) is 0 Å². The van der Waals surface area contributed by atoms with Crippen molar-refractivity contribution in [1.29, 1.82) is 0 Å². The van der Waals surface area contributed by atoms with Crippen molar-refractivity contribution >= 4 is 28.3 Å². The molecule has 7 heteroatoms. The van der Waals surface area contributed by atoms with Crippen LogP contribution in [-0.4, -0.2) is 47.0 Å². The predicted molar refractivity (Wildman–Crippen MR) is 124 cm³/mol. The van der Waals surface area contributed by atoms with Gasteiger partial charge in [-0.2, -0.15) is 0 Å². The smallest absolute Gasteiger partial charge is 0.323 e. The second-order valence-electron chi connectivity index (χ2n) is 8.68. The van der Waals surface area contributed by atoms with E-state index in [0.717, 1.165) is 62.5 Å². The molecule has 3 aromatic rings. The van der Waals surface area contributed by atoms with E-state index in [0.29, 0.717) is 11.1 Å². The van der Waals surface area contributed by atoms with Gasteiger partial charge in [0.05, 0.1) is 22.4 Å². The Morgan fingerprint density at radius 2 is 1.52 bits per heavy atom. The molecule has 0 aliphatic carbocycles. The number of fused-ring (bicyclic) bond motifs is 1. The van der Waals surface area contributed by atoms with Gasteiger partial charge in [-0.3, -0.25) is 9.69 Å². The van der Waals surface area contributed by atoms with Crippen LogP contribution in [0, 0.1) is 0 Å². The number of hydrogen-bond acceptors (Lipinski definition) is 4. The lowest BCUT2D eigenvalue weighted by Gasteiger charge is -2.26. The molecule has 0 bridgehead atoms. The number of aromatic nitrogens is 2. The molecule has 1 amide bonds. The standard InChI is InChI=1S/C24H29N5O2/c30-23(18-8-6-17(7-9-18)16-28-10-2-1-3-11-28)25-21-14-19-20(27-24(31)26-19)15-22(21)29-12-4-5-13-29/h6-9,14-15H,1-5,10-13,16H2,(H,25,30)(H2,26,27,31). The minimum Gasteiger partial charge on any atom is -0.370 e. The van der Waals surface area contributed by atoms with E-state index >= 15 is 0 Å². The Hall–Kier alpha value is -3.06. The van der Waals surface area contributed by atoms with Crippen LogP contribution in [0.4, 0.5) is 11.4 Å². The molecule has 3 N–H and O–H groups in total. The zero-order valence-corrected chi connectivity index (χ0v) is 17.7. The van der Waals surface area contributed by atoms with Gasteiger partial charge in [-0.25, -0.2) is 4.79 Å². The van der Waals surface area contributed by atoms with Gasteiger partial charge in [-0.1, -0.05) is 18.6 Å². The van der Waals surface area contributed by atoms with Crippen molar-refractivity contribution in [3.05, 3.63) is 58.0 Å². The van der Waals surface area contributed by atoms with Crippen molar-refractivity contribution in [1.82, 2.24) is 14.9 Å². The molecule has 5 rings (SSSR count). The molecule has 7 nitrogen and oxygen atoms in total. The Balaban J connectivity index is 1.35. The maximum absolute atomic E-state index is 13.0. The molecule has 2 fully saturated rings. The third-order valence-corrected chi connectivity index (χ3v) is 6.40. The van der Waals surface area contributed by atoms with Crippen LogP contribution in [0.5, 0.6) is 0 Å². The number of anilines is 2. The Labute approximate surface area is 181 Å². The molecule has 0 radical (unpaired) electrons. The topological polar surface area (TPSA) is 84.2 Å². The van der Waals surface area contributed by atoms with Crippen molar-refractivity contribution in [2.75, 3.05) is 36.4 Å². The SMILES string of the molecule is O=C(Nc1cc2[nH]c(=O)[nH]c2cc1N1CCCC1)c1ccc(CN2CCCCC2)cc1. The first-order chi connectivity index (χ1) is 15.2. The average Bonchev–Trinajstić information content (AvgIpc) is 3.43. The fourth-order valence-electron chi connectivity index (χ4n) is 4.72. The van der Waals surface area contributed by atoms with Crippen LogP contribution < -0.4 is 15.9 Å². The highest BCUT2D eigenvalue weighted by Gasteiger charge is 2.19. The van der Waals surface area contributed by atoms with Gasteiger partial charge >= 0.3 is 5.69 Å². The van der Waals surface area contributed by atoms with Gasteiger partial charge in [0, 0.05) is 25.2 Å². The van der Waals surface area contributed by atoms with Gasteiger partial charge in [0.15, 0.2) is 0 Å². The van der Waals surface area contributed by atoms with E-state index < -0.39 is 0 Å². The number of imidazole rings is 1. The number of amides is 1. The lowest BCUT2D eigenvalue weighted by atomic mass is 10.1. The van der Waals surface area contributed by atoms with Gasteiger partial charge in [0.1, 0.15) is 0 Å². The Morgan fingerprint density at radius 3 is 2.23 bits per heavy atom. The molecule has 0 saturated carbocycles. The second-order valence-corrected chi connectivity index (χ2v) is 8.68. The van der Waals surface area contributed by atoms with E-state index in [-0.39, 0.29) is 11.6 Å². The predicted octanol–water partition coefficient (Wildman–Crippen LogP) is 3.69. The normalized spacial score (nSPS) is 17.4. The number of carbonyl (C=O) groups excluding carboxylic acids is 1. The summed E-state index contributed by atoms with van der Waals surface area (Å²) in [6, 6.07) is 11.7. The van der Waals surface area contributed by atoms with Crippen LogP contribution in [0.1, 0.15) is 48.0 Å². The zero-order valence-electron chi connectivity index (χ0n) is 17.7. The largest absolute Gasteiger partial charge is 0.370 e. The van der Waals surface area contributed by atoms with E-state index in [2.05, 4.69) is 37.2 Å². The summed E-state index contributed by atoms with van der Waals surface area (Å²) in [5, 5.41) is 3.08. The van der Waals surface area contributed by atoms with Crippen molar-refractivity contribution in [2.45, 2.75) is 38.6 Å². The number of rotatable bonds is 5. The highest BCUT2D eigenvalue weighted by Crippen LogP contribution is 2.32. The van der Waals surface area contributed by atoms with Gasteiger partial charge in [0.25, 0.3) is 5.91 Å². The molecule has 0 spiro atoms. The third kappa shape index (κ3) is 4.37. The van der Waals surface area contributed by atoms with Gasteiger partial charge < -0.3 is 20.2 Å². The lowest BCUT2D eigenvalue weighted by Crippen LogP contribution is -2.29. The number of benzene rings is 2. The third-order valence-electron chi connectivity index (χ3n) is 6.40. The Bertz CT molecular complexity index is 1120. The molecule has 2 aliphatic heterocycles. The number of H-pyrrole nitrogens is 2. The fraction of sp³-hybridized carbons (Fsp3) is 0.417. The summed E-state index contributed by atoms with van der Waals surface area (Å²) in [7, 11) is 0. The first-order valence-corrected chi connectivity index (χ1v) is 11.3. The summed E-state index contributed by atoms with van der Waals surface area (Å²) in [5.41, 5.74) is 4.77. The number of likely N-dealkylation sites (tertiary alicyclic amines) is 1. The van der Waals surface area contributed by atoms with E-state index in [1.165, 1.54) is 24.8 Å². The number of piperidine rings is 1. The minimum absolute atomic E-state index is 0.137.